The highest BCUT2D eigenvalue weighted by Crippen LogP contribution is 2.34. The van der Waals surface area contributed by atoms with E-state index in [-0.39, 0.29) is 30.2 Å². The van der Waals surface area contributed by atoms with Gasteiger partial charge in [-0.25, -0.2) is 4.79 Å². The van der Waals surface area contributed by atoms with Gasteiger partial charge in [0.15, 0.2) is 0 Å². The minimum atomic E-state index is -1.11. The Bertz CT molecular complexity index is 500. The van der Waals surface area contributed by atoms with E-state index in [2.05, 4.69) is 0 Å². The van der Waals surface area contributed by atoms with Crippen molar-refractivity contribution in [3.05, 3.63) is 0 Å². The van der Waals surface area contributed by atoms with Gasteiger partial charge in [-0.15, -0.1) is 0 Å². The molecular formula is C16H24N2O4. The molecule has 6 heteroatoms. The highest BCUT2D eigenvalue weighted by Gasteiger charge is 2.49. The van der Waals surface area contributed by atoms with Crippen LogP contribution in [0, 0.1) is 5.92 Å². The number of likely N-dealkylation sites (tertiary alicyclic amines) is 2. The number of aliphatic carboxylic acids is 1. The maximum Gasteiger partial charge on any atom is 0.329 e. The Morgan fingerprint density at radius 1 is 1.23 bits per heavy atom. The summed E-state index contributed by atoms with van der Waals surface area (Å²) in [6.07, 6.45) is 5.79. The smallest absolute Gasteiger partial charge is 0.329 e. The average Bonchev–Trinajstić information content (AvgIpc) is 3.17. The van der Waals surface area contributed by atoms with Gasteiger partial charge in [0, 0.05) is 25.6 Å². The van der Waals surface area contributed by atoms with E-state index in [1.54, 1.807) is 6.92 Å². The second kappa shape index (κ2) is 5.56. The molecule has 0 bridgehead atoms. The van der Waals surface area contributed by atoms with Crippen LogP contribution in [0.15, 0.2) is 0 Å². The van der Waals surface area contributed by atoms with Crippen LogP contribution in [0.2, 0.25) is 0 Å². The molecule has 3 rings (SSSR count). The zero-order chi connectivity index (χ0) is 15.9. The minimum absolute atomic E-state index is 0.0569. The molecule has 1 aliphatic carbocycles. The van der Waals surface area contributed by atoms with Crippen LogP contribution in [0.3, 0.4) is 0 Å². The van der Waals surface area contributed by atoms with Crippen molar-refractivity contribution in [2.75, 3.05) is 13.1 Å². The Balaban J connectivity index is 1.71. The van der Waals surface area contributed by atoms with Crippen LogP contribution in [-0.4, -0.2) is 57.4 Å². The summed E-state index contributed by atoms with van der Waals surface area (Å²) in [5.74, 6) is -1.42. The van der Waals surface area contributed by atoms with Crippen LogP contribution in [0.4, 0.5) is 0 Å². The number of carboxylic acids is 1. The SMILES string of the molecule is CC1(C(=O)O)CCCN1C(=O)C1CC(=O)N(C2CCCC2)C1. The van der Waals surface area contributed by atoms with Gasteiger partial charge in [-0.2, -0.15) is 0 Å². The van der Waals surface area contributed by atoms with Crippen molar-refractivity contribution in [1.82, 2.24) is 9.80 Å². The van der Waals surface area contributed by atoms with E-state index < -0.39 is 11.5 Å². The molecule has 2 atom stereocenters. The fourth-order valence-electron chi connectivity index (χ4n) is 4.23. The molecule has 0 spiro atoms. The highest BCUT2D eigenvalue weighted by molar-refractivity contribution is 5.93. The van der Waals surface area contributed by atoms with Crippen molar-refractivity contribution >= 4 is 17.8 Å². The molecule has 2 heterocycles. The van der Waals surface area contributed by atoms with Crippen LogP contribution in [0.5, 0.6) is 0 Å². The molecule has 1 N–H and O–H groups in total. The highest BCUT2D eigenvalue weighted by atomic mass is 16.4. The van der Waals surface area contributed by atoms with Crippen molar-refractivity contribution in [2.24, 2.45) is 5.92 Å². The van der Waals surface area contributed by atoms with Crippen LogP contribution >= 0.6 is 0 Å². The van der Waals surface area contributed by atoms with Gasteiger partial charge >= 0.3 is 5.97 Å². The van der Waals surface area contributed by atoms with E-state index in [0.717, 1.165) is 25.7 Å². The van der Waals surface area contributed by atoms with Crippen LogP contribution in [-0.2, 0) is 14.4 Å². The van der Waals surface area contributed by atoms with E-state index in [1.807, 2.05) is 4.90 Å². The number of carbonyl (C=O) groups is 3. The monoisotopic (exact) mass is 308 g/mol. The quantitative estimate of drug-likeness (QED) is 0.851. The molecule has 0 aromatic heterocycles. The largest absolute Gasteiger partial charge is 0.480 e. The summed E-state index contributed by atoms with van der Waals surface area (Å²) >= 11 is 0. The molecule has 2 unspecified atom stereocenters. The maximum absolute atomic E-state index is 12.8. The van der Waals surface area contributed by atoms with E-state index in [1.165, 1.54) is 4.90 Å². The van der Waals surface area contributed by atoms with Crippen molar-refractivity contribution < 1.29 is 19.5 Å². The molecule has 2 amide bonds. The van der Waals surface area contributed by atoms with Gasteiger partial charge in [-0.1, -0.05) is 12.8 Å². The molecule has 1 saturated carbocycles. The summed E-state index contributed by atoms with van der Waals surface area (Å²) < 4.78 is 0. The fourth-order valence-corrected chi connectivity index (χ4v) is 4.23. The molecule has 0 radical (unpaired) electrons. The first-order valence-electron chi connectivity index (χ1n) is 8.28. The predicted octanol–water partition coefficient (Wildman–Crippen LogP) is 1.24. The molecule has 122 valence electrons. The van der Waals surface area contributed by atoms with Gasteiger partial charge in [0.05, 0.1) is 5.92 Å². The maximum atomic E-state index is 12.8. The van der Waals surface area contributed by atoms with Crippen molar-refractivity contribution in [3.8, 4) is 0 Å². The molecule has 2 aliphatic heterocycles. The normalized spacial score (nSPS) is 33.0. The standard InChI is InChI=1S/C16H24N2O4/c1-16(15(21)22)7-4-8-18(16)14(20)11-9-13(19)17(10-11)12-5-2-3-6-12/h11-12H,2-10H2,1H3,(H,21,22). The minimum Gasteiger partial charge on any atom is -0.480 e. The zero-order valence-electron chi connectivity index (χ0n) is 13.1. The number of rotatable bonds is 3. The third-order valence-electron chi connectivity index (χ3n) is 5.64. The van der Waals surface area contributed by atoms with Crippen LogP contribution < -0.4 is 0 Å². The third kappa shape index (κ3) is 2.38. The summed E-state index contributed by atoms with van der Waals surface area (Å²) in [7, 11) is 0. The lowest BCUT2D eigenvalue weighted by Crippen LogP contribution is -2.53. The molecule has 0 aromatic rings. The van der Waals surface area contributed by atoms with E-state index >= 15 is 0 Å². The first kappa shape index (κ1) is 15.3. The van der Waals surface area contributed by atoms with Crippen LogP contribution in [0.25, 0.3) is 0 Å². The molecular weight excluding hydrogens is 284 g/mol. The van der Waals surface area contributed by atoms with Crippen molar-refractivity contribution in [1.29, 1.82) is 0 Å². The Morgan fingerprint density at radius 2 is 1.91 bits per heavy atom. The second-order valence-corrected chi connectivity index (χ2v) is 7.06. The summed E-state index contributed by atoms with van der Waals surface area (Å²) in [5.41, 5.74) is -1.11. The summed E-state index contributed by atoms with van der Waals surface area (Å²) in [4.78, 5) is 39.9. The summed E-state index contributed by atoms with van der Waals surface area (Å²) in [6.45, 7) is 2.57. The number of carbonyl (C=O) groups excluding carboxylic acids is 2. The first-order chi connectivity index (χ1) is 10.4. The Labute approximate surface area is 130 Å². The molecule has 0 aromatic carbocycles. The lowest BCUT2D eigenvalue weighted by atomic mass is 9.97. The number of amides is 2. The molecule has 2 saturated heterocycles. The van der Waals surface area contributed by atoms with E-state index in [0.29, 0.717) is 25.9 Å². The molecule has 6 nitrogen and oxygen atoms in total. The Morgan fingerprint density at radius 3 is 2.55 bits per heavy atom. The lowest BCUT2D eigenvalue weighted by molar-refractivity contribution is -0.156. The molecule has 22 heavy (non-hydrogen) atoms. The second-order valence-electron chi connectivity index (χ2n) is 7.06. The number of carboxylic acid groups (broad SMARTS) is 1. The first-order valence-corrected chi connectivity index (χ1v) is 8.28. The predicted molar refractivity (Wildman–Crippen MR) is 79.1 cm³/mol. The van der Waals surface area contributed by atoms with E-state index in [4.69, 9.17) is 0 Å². The zero-order valence-corrected chi connectivity index (χ0v) is 13.1. The van der Waals surface area contributed by atoms with Gasteiger partial charge in [0.2, 0.25) is 11.8 Å². The summed E-state index contributed by atoms with van der Waals surface area (Å²) in [6, 6.07) is 0.287. The van der Waals surface area contributed by atoms with Gasteiger partial charge in [0.1, 0.15) is 5.54 Å². The van der Waals surface area contributed by atoms with Crippen molar-refractivity contribution in [3.63, 3.8) is 0 Å². The number of hydrogen-bond acceptors (Lipinski definition) is 3. The molecule has 3 fully saturated rings. The van der Waals surface area contributed by atoms with Gasteiger partial charge < -0.3 is 14.9 Å². The number of nitrogens with zero attached hydrogens (tertiary/aromatic N) is 2. The Hall–Kier alpha value is -1.59. The van der Waals surface area contributed by atoms with Crippen molar-refractivity contribution in [2.45, 2.75) is 63.5 Å². The third-order valence-corrected chi connectivity index (χ3v) is 5.64. The Kier molecular flexibility index (Phi) is 3.87. The summed E-state index contributed by atoms with van der Waals surface area (Å²) in [5, 5.41) is 9.44. The topological polar surface area (TPSA) is 77.9 Å². The van der Waals surface area contributed by atoms with Crippen LogP contribution in [0.1, 0.15) is 51.9 Å². The number of hydrogen-bond donors (Lipinski definition) is 1. The lowest BCUT2D eigenvalue weighted by Gasteiger charge is -2.33. The van der Waals surface area contributed by atoms with Gasteiger partial charge in [-0.05, 0) is 32.6 Å². The van der Waals surface area contributed by atoms with Gasteiger partial charge in [0.25, 0.3) is 0 Å². The average molecular weight is 308 g/mol. The molecule has 3 aliphatic rings. The van der Waals surface area contributed by atoms with Gasteiger partial charge in [-0.3, -0.25) is 9.59 Å². The van der Waals surface area contributed by atoms with E-state index in [9.17, 15) is 19.5 Å². The fraction of sp³-hybridized carbons (Fsp3) is 0.812.